The van der Waals surface area contributed by atoms with Gasteiger partial charge in [0.2, 0.25) is 15.9 Å². The number of hydrogen-bond acceptors (Lipinski definition) is 5. The molecule has 2 heterocycles. The molecule has 1 saturated carbocycles. The summed E-state index contributed by atoms with van der Waals surface area (Å²) in [6.07, 6.45) is 5.60. The van der Waals surface area contributed by atoms with Crippen LogP contribution in [0.5, 0.6) is 0 Å². The average molecular weight is 489 g/mol. The van der Waals surface area contributed by atoms with E-state index in [0.29, 0.717) is 23.9 Å². The summed E-state index contributed by atoms with van der Waals surface area (Å²) in [4.78, 5) is 20.2. The molecule has 1 aliphatic carbocycles. The van der Waals surface area contributed by atoms with Crippen molar-refractivity contribution < 1.29 is 17.6 Å². The molecule has 1 aromatic carbocycles. The van der Waals surface area contributed by atoms with Crippen LogP contribution in [-0.2, 0) is 21.4 Å². The summed E-state index contributed by atoms with van der Waals surface area (Å²) in [5.41, 5.74) is 2.45. The largest absolute Gasteiger partial charge is 0.356 e. The van der Waals surface area contributed by atoms with Crippen LogP contribution >= 0.6 is 0 Å². The zero-order chi connectivity index (χ0) is 24.5. The van der Waals surface area contributed by atoms with Gasteiger partial charge in [-0.3, -0.25) is 9.52 Å². The molecule has 1 aromatic heterocycles. The SMILES string of the molecule is CC1CCN(c2nc(C3CC3)ccc2CNC(=O)C(C)c2ccc(NS(C)(=O)=O)c(F)c2)CC1. The van der Waals surface area contributed by atoms with Gasteiger partial charge < -0.3 is 10.2 Å². The molecule has 0 bridgehead atoms. The third-order valence-corrected chi connectivity index (χ3v) is 7.28. The lowest BCUT2D eigenvalue weighted by atomic mass is 9.98. The fraction of sp³-hybridized carbons (Fsp3) is 0.520. The molecule has 1 saturated heterocycles. The van der Waals surface area contributed by atoms with Gasteiger partial charge >= 0.3 is 0 Å². The fourth-order valence-electron chi connectivity index (χ4n) is 4.30. The van der Waals surface area contributed by atoms with Crippen molar-refractivity contribution in [3.63, 3.8) is 0 Å². The topological polar surface area (TPSA) is 91.4 Å². The number of carbonyl (C=O) groups excluding carboxylic acids is 1. The number of sulfonamides is 1. The molecular weight excluding hydrogens is 455 g/mol. The summed E-state index contributed by atoms with van der Waals surface area (Å²) in [6.45, 7) is 6.26. The number of amides is 1. The van der Waals surface area contributed by atoms with E-state index in [1.807, 2.05) is 0 Å². The van der Waals surface area contributed by atoms with E-state index in [1.54, 1.807) is 13.0 Å². The van der Waals surface area contributed by atoms with Crippen molar-refractivity contribution in [1.82, 2.24) is 10.3 Å². The van der Waals surface area contributed by atoms with Crippen LogP contribution in [0.15, 0.2) is 30.3 Å². The Balaban J connectivity index is 1.45. The quantitative estimate of drug-likeness (QED) is 0.583. The Morgan fingerprint density at radius 1 is 1.18 bits per heavy atom. The lowest BCUT2D eigenvalue weighted by Crippen LogP contribution is -2.35. The molecule has 184 valence electrons. The lowest BCUT2D eigenvalue weighted by molar-refractivity contribution is -0.122. The van der Waals surface area contributed by atoms with Crippen molar-refractivity contribution >= 4 is 27.4 Å². The van der Waals surface area contributed by atoms with Gasteiger partial charge in [-0.1, -0.05) is 19.1 Å². The number of hydrogen-bond donors (Lipinski definition) is 2. The van der Waals surface area contributed by atoms with Crippen molar-refractivity contribution in [1.29, 1.82) is 0 Å². The van der Waals surface area contributed by atoms with Gasteiger partial charge in [0.15, 0.2) is 0 Å². The summed E-state index contributed by atoms with van der Waals surface area (Å²) in [7, 11) is -3.59. The maximum absolute atomic E-state index is 14.4. The summed E-state index contributed by atoms with van der Waals surface area (Å²) >= 11 is 0. The van der Waals surface area contributed by atoms with Gasteiger partial charge in [-0.2, -0.15) is 0 Å². The molecule has 0 radical (unpaired) electrons. The number of piperidine rings is 1. The molecule has 2 aromatic rings. The Labute approximate surface area is 201 Å². The highest BCUT2D eigenvalue weighted by Gasteiger charge is 2.28. The summed E-state index contributed by atoms with van der Waals surface area (Å²) in [6, 6.07) is 8.24. The molecule has 1 amide bonds. The van der Waals surface area contributed by atoms with Crippen LogP contribution in [0.25, 0.3) is 0 Å². The number of nitrogens with one attached hydrogen (secondary N) is 2. The summed E-state index contributed by atoms with van der Waals surface area (Å²) < 4.78 is 39.2. The van der Waals surface area contributed by atoms with Crippen LogP contribution in [0.2, 0.25) is 0 Å². The van der Waals surface area contributed by atoms with Crippen molar-refractivity contribution in [2.24, 2.45) is 5.92 Å². The summed E-state index contributed by atoms with van der Waals surface area (Å²) in [5.74, 6) is 0.690. The molecule has 9 heteroatoms. The van der Waals surface area contributed by atoms with Crippen LogP contribution in [0, 0.1) is 11.7 Å². The smallest absolute Gasteiger partial charge is 0.229 e. The first kappa shape index (κ1) is 24.4. The molecule has 34 heavy (non-hydrogen) atoms. The minimum absolute atomic E-state index is 0.138. The number of halogens is 1. The van der Waals surface area contributed by atoms with E-state index in [4.69, 9.17) is 4.98 Å². The zero-order valence-electron chi connectivity index (χ0n) is 20.0. The number of rotatable bonds is 8. The van der Waals surface area contributed by atoms with Crippen molar-refractivity contribution in [3.8, 4) is 0 Å². The second-order valence-electron chi connectivity index (χ2n) is 9.72. The number of aromatic nitrogens is 1. The highest BCUT2D eigenvalue weighted by atomic mass is 32.2. The van der Waals surface area contributed by atoms with E-state index in [2.05, 4.69) is 34.0 Å². The highest BCUT2D eigenvalue weighted by Crippen LogP contribution is 2.40. The Hall–Kier alpha value is -2.68. The summed E-state index contributed by atoms with van der Waals surface area (Å²) in [5, 5.41) is 2.98. The zero-order valence-corrected chi connectivity index (χ0v) is 20.8. The molecule has 0 spiro atoms. The minimum Gasteiger partial charge on any atom is -0.356 e. The van der Waals surface area contributed by atoms with Crippen LogP contribution < -0.4 is 14.9 Å². The van der Waals surface area contributed by atoms with Crippen LogP contribution in [-0.4, -0.2) is 38.7 Å². The minimum atomic E-state index is -3.59. The number of pyridine rings is 1. The van der Waals surface area contributed by atoms with Gasteiger partial charge in [0.25, 0.3) is 0 Å². The Bertz CT molecular complexity index is 1160. The normalized spacial score (nSPS) is 17.9. The first-order valence-corrected chi connectivity index (χ1v) is 13.8. The third kappa shape index (κ3) is 6.05. The fourth-order valence-corrected chi connectivity index (χ4v) is 4.87. The first-order chi connectivity index (χ1) is 16.1. The van der Waals surface area contributed by atoms with Crippen LogP contribution in [0.4, 0.5) is 15.9 Å². The van der Waals surface area contributed by atoms with Gasteiger partial charge in [-0.25, -0.2) is 17.8 Å². The Kier molecular flexibility index (Phi) is 7.12. The van der Waals surface area contributed by atoms with Crippen LogP contribution in [0.1, 0.15) is 68.2 Å². The first-order valence-electron chi connectivity index (χ1n) is 11.9. The number of benzene rings is 1. The Morgan fingerprint density at radius 3 is 2.50 bits per heavy atom. The van der Waals surface area contributed by atoms with E-state index < -0.39 is 21.8 Å². The van der Waals surface area contributed by atoms with E-state index in [-0.39, 0.29) is 11.6 Å². The molecule has 1 unspecified atom stereocenters. The molecular formula is C25H33FN4O3S. The standard InChI is InChI=1S/C25H33FN4O3S/c1-16-10-12-30(13-11-16)24-20(7-8-22(28-24)18-4-5-18)15-27-25(31)17(2)19-6-9-23(21(26)14-19)29-34(3,32)33/h6-9,14,16-18,29H,4-5,10-13,15H2,1-3H3,(H,27,31). The molecule has 1 aliphatic heterocycles. The van der Waals surface area contributed by atoms with Crippen molar-refractivity contribution in [2.45, 2.75) is 57.9 Å². The molecule has 4 rings (SSSR count). The van der Waals surface area contributed by atoms with E-state index >= 15 is 0 Å². The third-order valence-electron chi connectivity index (χ3n) is 6.69. The number of nitrogens with zero attached hydrogens (tertiary/aromatic N) is 2. The van der Waals surface area contributed by atoms with Gasteiger partial charge in [0.1, 0.15) is 11.6 Å². The van der Waals surface area contributed by atoms with E-state index in [1.165, 1.54) is 25.0 Å². The Morgan fingerprint density at radius 2 is 1.88 bits per heavy atom. The second kappa shape index (κ2) is 9.90. The molecule has 7 nitrogen and oxygen atoms in total. The number of carbonyl (C=O) groups is 1. The second-order valence-corrected chi connectivity index (χ2v) is 11.5. The molecule has 2 N–H and O–H groups in total. The molecule has 2 aliphatic rings. The van der Waals surface area contributed by atoms with Gasteiger partial charge in [-0.15, -0.1) is 0 Å². The van der Waals surface area contributed by atoms with E-state index in [9.17, 15) is 17.6 Å². The maximum Gasteiger partial charge on any atom is 0.229 e. The maximum atomic E-state index is 14.4. The predicted octanol–water partition coefficient (Wildman–Crippen LogP) is 4.13. The van der Waals surface area contributed by atoms with E-state index in [0.717, 1.165) is 49.3 Å². The number of anilines is 2. The van der Waals surface area contributed by atoms with Gasteiger partial charge in [0, 0.05) is 36.8 Å². The van der Waals surface area contributed by atoms with Gasteiger partial charge in [0.05, 0.1) is 17.9 Å². The highest BCUT2D eigenvalue weighted by molar-refractivity contribution is 7.92. The van der Waals surface area contributed by atoms with Crippen molar-refractivity contribution in [2.75, 3.05) is 29.0 Å². The lowest BCUT2D eigenvalue weighted by Gasteiger charge is -2.33. The van der Waals surface area contributed by atoms with Crippen LogP contribution in [0.3, 0.4) is 0 Å². The average Bonchev–Trinajstić information content (AvgIpc) is 3.63. The molecule has 2 fully saturated rings. The molecule has 1 atom stereocenters. The predicted molar refractivity (Wildman–Crippen MR) is 132 cm³/mol. The van der Waals surface area contributed by atoms with Crippen molar-refractivity contribution in [3.05, 3.63) is 53.0 Å². The van der Waals surface area contributed by atoms with Gasteiger partial charge in [-0.05, 0) is 62.3 Å². The monoisotopic (exact) mass is 488 g/mol.